The Morgan fingerprint density at radius 3 is 2.50 bits per heavy atom. The van der Waals surface area contributed by atoms with Crippen molar-refractivity contribution in [2.75, 3.05) is 18.2 Å². The third-order valence-corrected chi connectivity index (χ3v) is 6.51. The van der Waals surface area contributed by atoms with E-state index < -0.39 is 11.2 Å². The fourth-order valence-electron chi connectivity index (χ4n) is 3.52. The second-order valence-corrected chi connectivity index (χ2v) is 8.90. The highest BCUT2D eigenvalue weighted by Crippen LogP contribution is 2.26. The minimum absolute atomic E-state index is 0.0379. The molecule has 1 N–H and O–H groups in total. The molecule has 0 aliphatic carbocycles. The number of carbonyl (C=O) groups is 1. The maximum atomic E-state index is 13.0. The van der Waals surface area contributed by atoms with E-state index in [9.17, 15) is 14.4 Å². The van der Waals surface area contributed by atoms with E-state index in [2.05, 4.69) is 10.3 Å². The lowest BCUT2D eigenvalue weighted by atomic mass is 10.2. The summed E-state index contributed by atoms with van der Waals surface area (Å²) < 4.78 is 9.37. The molecule has 0 unspecified atom stereocenters. The Balaban J connectivity index is 1.69. The number of hydrogen-bond donors (Lipinski definition) is 1. The summed E-state index contributed by atoms with van der Waals surface area (Å²) in [5, 5.41) is 3.86. The summed E-state index contributed by atoms with van der Waals surface area (Å²) in [5.74, 6) is 0.326. The number of ether oxygens (including phenoxy) is 1. The van der Waals surface area contributed by atoms with Gasteiger partial charge in [-0.2, -0.15) is 0 Å². The van der Waals surface area contributed by atoms with Crippen LogP contribution >= 0.6 is 23.4 Å². The first-order valence-electron chi connectivity index (χ1n) is 10.3. The van der Waals surface area contributed by atoms with Gasteiger partial charge in [0.2, 0.25) is 5.91 Å². The van der Waals surface area contributed by atoms with Gasteiger partial charge in [-0.25, -0.2) is 9.78 Å². The number of thioether (sulfide) groups is 1. The number of amides is 1. The van der Waals surface area contributed by atoms with Gasteiger partial charge in [0.25, 0.3) is 5.56 Å². The molecular formula is C23H22ClN5O4S. The smallest absolute Gasteiger partial charge is 0.332 e. The summed E-state index contributed by atoms with van der Waals surface area (Å²) in [6.07, 6.45) is 0. The number of anilines is 1. The van der Waals surface area contributed by atoms with Crippen LogP contribution in [-0.4, -0.2) is 37.5 Å². The molecule has 2 aromatic carbocycles. The molecule has 0 saturated carbocycles. The van der Waals surface area contributed by atoms with Crippen LogP contribution in [0.2, 0.25) is 5.02 Å². The van der Waals surface area contributed by atoms with E-state index in [0.717, 1.165) is 10.1 Å². The molecule has 176 valence electrons. The molecule has 0 bridgehead atoms. The highest BCUT2D eigenvalue weighted by molar-refractivity contribution is 7.99. The Morgan fingerprint density at radius 1 is 1.09 bits per heavy atom. The Hall–Kier alpha value is -3.50. The molecule has 0 saturated heterocycles. The summed E-state index contributed by atoms with van der Waals surface area (Å²) in [7, 11) is 4.52. The topological polar surface area (TPSA) is 100 Å². The van der Waals surface area contributed by atoms with Crippen molar-refractivity contribution in [1.29, 1.82) is 0 Å². The normalized spacial score (nSPS) is 11.1. The second-order valence-electron chi connectivity index (χ2n) is 7.52. The Kier molecular flexibility index (Phi) is 6.80. The Labute approximate surface area is 203 Å². The zero-order valence-corrected chi connectivity index (χ0v) is 20.3. The Bertz CT molecular complexity index is 1490. The van der Waals surface area contributed by atoms with Gasteiger partial charge in [0, 0.05) is 19.1 Å². The van der Waals surface area contributed by atoms with Gasteiger partial charge in [-0.15, -0.1) is 0 Å². The summed E-state index contributed by atoms with van der Waals surface area (Å²) in [4.78, 5) is 42.6. The van der Waals surface area contributed by atoms with Crippen LogP contribution < -0.4 is 21.3 Å². The number of nitrogens with zero attached hydrogens (tertiary/aromatic N) is 4. The lowest BCUT2D eigenvalue weighted by Gasteiger charge is -2.11. The van der Waals surface area contributed by atoms with E-state index >= 15 is 0 Å². The molecule has 0 atom stereocenters. The number of hydrogen-bond acceptors (Lipinski definition) is 6. The lowest BCUT2D eigenvalue weighted by molar-refractivity contribution is -0.113. The van der Waals surface area contributed by atoms with E-state index in [1.807, 2.05) is 18.2 Å². The predicted molar refractivity (Wildman–Crippen MR) is 133 cm³/mol. The number of carbonyl (C=O) groups excluding carboxylic acids is 1. The quantitative estimate of drug-likeness (QED) is 0.392. The summed E-state index contributed by atoms with van der Waals surface area (Å²) >= 11 is 7.18. The number of imidazole rings is 1. The van der Waals surface area contributed by atoms with Crippen molar-refractivity contribution >= 4 is 46.1 Å². The van der Waals surface area contributed by atoms with Gasteiger partial charge in [-0.1, -0.05) is 47.6 Å². The van der Waals surface area contributed by atoms with Crippen LogP contribution in [0.25, 0.3) is 11.2 Å². The van der Waals surface area contributed by atoms with Crippen molar-refractivity contribution < 1.29 is 9.53 Å². The molecule has 0 aliphatic rings. The zero-order valence-electron chi connectivity index (χ0n) is 18.7. The number of rotatable bonds is 7. The first-order chi connectivity index (χ1) is 16.3. The second kappa shape index (κ2) is 9.78. The highest BCUT2D eigenvalue weighted by atomic mass is 35.5. The standard InChI is InChI=1S/C23H22ClN5O4S/c1-27-20-19(21(31)28(2)23(27)32)29(12-14-8-10-15(24)11-9-14)22(26-20)34-13-18(30)25-16-6-4-5-7-17(16)33-3/h4-11H,12-13H2,1-3H3,(H,25,30). The number of nitrogens with one attached hydrogen (secondary N) is 1. The highest BCUT2D eigenvalue weighted by Gasteiger charge is 2.20. The first kappa shape index (κ1) is 23.7. The molecule has 4 aromatic rings. The zero-order chi connectivity index (χ0) is 24.4. The number of halogens is 1. The van der Waals surface area contributed by atoms with Gasteiger partial charge in [0.1, 0.15) is 5.75 Å². The van der Waals surface area contributed by atoms with Gasteiger partial charge < -0.3 is 14.6 Å². The van der Waals surface area contributed by atoms with Crippen LogP contribution in [0.3, 0.4) is 0 Å². The molecule has 0 fully saturated rings. The van der Waals surface area contributed by atoms with E-state index in [0.29, 0.717) is 28.2 Å². The lowest BCUT2D eigenvalue weighted by Crippen LogP contribution is -2.37. The van der Waals surface area contributed by atoms with Gasteiger partial charge in [-0.05, 0) is 29.8 Å². The third-order valence-electron chi connectivity index (χ3n) is 5.28. The van der Waals surface area contributed by atoms with Crippen LogP contribution in [0, 0.1) is 0 Å². The summed E-state index contributed by atoms with van der Waals surface area (Å²) in [5.41, 5.74) is 1.06. The molecule has 34 heavy (non-hydrogen) atoms. The van der Waals surface area contributed by atoms with E-state index in [4.69, 9.17) is 16.3 Å². The molecule has 2 heterocycles. The SMILES string of the molecule is COc1ccccc1NC(=O)CSc1nc2c(c(=O)n(C)c(=O)n2C)n1Cc1ccc(Cl)cc1. The molecule has 9 nitrogen and oxygen atoms in total. The van der Waals surface area contributed by atoms with E-state index in [1.165, 1.54) is 30.5 Å². The number of aryl methyl sites for hydroxylation is 1. The fourth-order valence-corrected chi connectivity index (χ4v) is 4.44. The van der Waals surface area contributed by atoms with E-state index in [1.54, 1.807) is 41.9 Å². The third kappa shape index (κ3) is 4.59. The molecule has 2 aromatic heterocycles. The van der Waals surface area contributed by atoms with Gasteiger partial charge >= 0.3 is 5.69 Å². The van der Waals surface area contributed by atoms with Crippen molar-refractivity contribution in [2.24, 2.45) is 14.1 Å². The molecule has 0 radical (unpaired) electrons. The van der Waals surface area contributed by atoms with Crippen molar-refractivity contribution in [3.8, 4) is 5.75 Å². The number of para-hydroxylation sites is 2. The number of benzene rings is 2. The number of aromatic nitrogens is 4. The maximum Gasteiger partial charge on any atom is 0.332 e. The van der Waals surface area contributed by atoms with Crippen molar-refractivity contribution in [2.45, 2.75) is 11.7 Å². The maximum absolute atomic E-state index is 13.0. The summed E-state index contributed by atoms with van der Waals surface area (Å²) in [6, 6.07) is 14.3. The molecule has 4 rings (SSSR count). The van der Waals surface area contributed by atoms with Crippen molar-refractivity contribution in [3.63, 3.8) is 0 Å². The van der Waals surface area contributed by atoms with Crippen LogP contribution in [0.15, 0.2) is 63.3 Å². The van der Waals surface area contributed by atoms with Crippen molar-refractivity contribution in [1.82, 2.24) is 18.7 Å². The average molecular weight is 500 g/mol. The van der Waals surface area contributed by atoms with Gasteiger partial charge in [0.15, 0.2) is 16.3 Å². The van der Waals surface area contributed by atoms with Gasteiger partial charge in [0.05, 0.1) is 25.1 Å². The molecule has 0 spiro atoms. The molecule has 1 amide bonds. The van der Waals surface area contributed by atoms with E-state index in [-0.39, 0.29) is 22.8 Å². The molecular weight excluding hydrogens is 478 g/mol. The van der Waals surface area contributed by atoms with Gasteiger partial charge in [-0.3, -0.25) is 18.7 Å². The summed E-state index contributed by atoms with van der Waals surface area (Å²) in [6.45, 7) is 0.317. The van der Waals surface area contributed by atoms with Crippen LogP contribution in [0.1, 0.15) is 5.56 Å². The van der Waals surface area contributed by atoms with Crippen LogP contribution in [0.4, 0.5) is 5.69 Å². The average Bonchev–Trinajstić information content (AvgIpc) is 3.20. The number of fused-ring (bicyclic) bond motifs is 1. The minimum atomic E-state index is -0.473. The molecule has 11 heteroatoms. The largest absolute Gasteiger partial charge is 0.495 e. The fraction of sp³-hybridized carbons (Fsp3) is 0.217. The minimum Gasteiger partial charge on any atom is -0.495 e. The molecule has 0 aliphatic heterocycles. The predicted octanol–water partition coefficient (Wildman–Crippen LogP) is 2.87. The van der Waals surface area contributed by atoms with Crippen LogP contribution in [-0.2, 0) is 25.4 Å². The number of methoxy groups -OCH3 is 1. The Morgan fingerprint density at radius 2 is 1.79 bits per heavy atom. The first-order valence-corrected chi connectivity index (χ1v) is 11.6. The monoisotopic (exact) mass is 499 g/mol. The van der Waals surface area contributed by atoms with Crippen LogP contribution in [0.5, 0.6) is 5.75 Å². The van der Waals surface area contributed by atoms with Crippen molar-refractivity contribution in [3.05, 3.63) is 80.0 Å².